The van der Waals surface area contributed by atoms with E-state index in [0.29, 0.717) is 23.1 Å². The minimum atomic E-state index is 0.378. The Morgan fingerprint density at radius 2 is 2.05 bits per heavy atom. The SMILES string of the molecule is Cc1cccc(-c2nc(-c3ncc(Br)cc3Br)no2)c1N. The third-order valence-electron chi connectivity index (χ3n) is 3.00. The molecule has 0 radical (unpaired) electrons. The van der Waals surface area contributed by atoms with Gasteiger partial charge in [0.2, 0.25) is 5.82 Å². The Morgan fingerprint density at radius 1 is 1.24 bits per heavy atom. The number of aromatic nitrogens is 3. The Hall–Kier alpha value is -1.73. The molecule has 3 aromatic rings. The van der Waals surface area contributed by atoms with Crippen molar-refractivity contribution in [2.24, 2.45) is 0 Å². The van der Waals surface area contributed by atoms with Gasteiger partial charge in [-0.2, -0.15) is 4.98 Å². The zero-order valence-corrected chi connectivity index (χ0v) is 14.1. The van der Waals surface area contributed by atoms with Crippen molar-refractivity contribution in [2.45, 2.75) is 6.92 Å². The first-order valence-electron chi connectivity index (χ1n) is 6.07. The number of halogens is 2. The van der Waals surface area contributed by atoms with Crippen molar-refractivity contribution in [1.29, 1.82) is 0 Å². The number of nitrogen functional groups attached to an aromatic ring is 1. The maximum absolute atomic E-state index is 6.05. The van der Waals surface area contributed by atoms with Crippen LogP contribution in [0.1, 0.15) is 5.56 Å². The molecule has 0 aliphatic carbocycles. The first kappa shape index (κ1) is 14.2. The van der Waals surface area contributed by atoms with Gasteiger partial charge in [0, 0.05) is 20.8 Å². The summed E-state index contributed by atoms with van der Waals surface area (Å²) < 4.78 is 6.96. The third kappa shape index (κ3) is 2.71. The Kier molecular flexibility index (Phi) is 3.77. The van der Waals surface area contributed by atoms with Crippen molar-refractivity contribution in [1.82, 2.24) is 15.1 Å². The topological polar surface area (TPSA) is 77.8 Å². The average molecular weight is 410 g/mol. The quantitative estimate of drug-likeness (QED) is 0.641. The molecule has 0 bridgehead atoms. The number of nitrogens with zero attached hydrogens (tertiary/aromatic N) is 3. The summed E-state index contributed by atoms with van der Waals surface area (Å²) in [5.41, 5.74) is 8.99. The second-order valence-corrected chi connectivity index (χ2v) is 6.21. The number of pyridine rings is 1. The molecule has 106 valence electrons. The van der Waals surface area contributed by atoms with Gasteiger partial charge in [-0.1, -0.05) is 17.3 Å². The number of benzene rings is 1. The van der Waals surface area contributed by atoms with Crippen LogP contribution < -0.4 is 5.73 Å². The van der Waals surface area contributed by atoms with Gasteiger partial charge in [-0.15, -0.1) is 0 Å². The number of aryl methyl sites for hydroxylation is 1. The normalized spacial score (nSPS) is 10.8. The molecule has 0 fully saturated rings. The summed E-state index contributed by atoms with van der Waals surface area (Å²) in [6.45, 7) is 1.93. The molecule has 0 atom stereocenters. The van der Waals surface area contributed by atoms with Crippen LogP contribution in [0.4, 0.5) is 5.69 Å². The van der Waals surface area contributed by atoms with E-state index in [4.69, 9.17) is 10.3 Å². The van der Waals surface area contributed by atoms with E-state index in [-0.39, 0.29) is 0 Å². The first-order chi connectivity index (χ1) is 10.1. The Morgan fingerprint density at radius 3 is 2.81 bits per heavy atom. The van der Waals surface area contributed by atoms with Crippen molar-refractivity contribution >= 4 is 37.5 Å². The molecule has 0 aliphatic heterocycles. The molecule has 0 aliphatic rings. The highest BCUT2D eigenvalue weighted by molar-refractivity contribution is 9.11. The highest BCUT2D eigenvalue weighted by Crippen LogP contribution is 2.31. The summed E-state index contributed by atoms with van der Waals surface area (Å²) in [4.78, 5) is 8.66. The van der Waals surface area contributed by atoms with Crippen molar-refractivity contribution in [3.05, 3.63) is 45.0 Å². The van der Waals surface area contributed by atoms with Crippen molar-refractivity contribution in [3.63, 3.8) is 0 Å². The molecule has 5 nitrogen and oxygen atoms in total. The molecular weight excluding hydrogens is 400 g/mol. The number of hydrogen-bond donors (Lipinski definition) is 1. The third-order valence-corrected chi connectivity index (χ3v) is 4.04. The fourth-order valence-corrected chi connectivity index (χ4v) is 3.04. The number of para-hydroxylation sites is 1. The van der Waals surface area contributed by atoms with E-state index in [9.17, 15) is 0 Å². The first-order valence-corrected chi connectivity index (χ1v) is 7.65. The van der Waals surface area contributed by atoms with Crippen LogP contribution in [0, 0.1) is 6.92 Å². The molecule has 2 aromatic heterocycles. The lowest BCUT2D eigenvalue weighted by Crippen LogP contribution is -1.93. The van der Waals surface area contributed by atoms with Gasteiger partial charge in [0.1, 0.15) is 5.69 Å². The zero-order chi connectivity index (χ0) is 15.0. The zero-order valence-electron chi connectivity index (χ0n) is 11.0. The standard InChI is InChI=1S/C14H10Br2N4O/c1-7-3-2-4-9(11(7)17)14-19-13(20-21-14)12-10(16)5-8(15)6-18-12/h2-6H,17H2,1H3. The van der Waals surface area contributed by atoms with Gasteiger partial charge in [0.25, 0.3) is 5.89 Å². The maximum Gasteiger partial charge on any atom is 0.260 e. The van der Waals surface area contributed by atoms with Gasteiger partial charge in [-0.3, -0.25) is 4.98 Å². The van der Waals surface area contributed by atoms with E-state index in [1.807, 2.05) is 31.2 Å². The summed E-state index contributed by atoms with van der Waals surface area (Å²) in [6, 6.07) is 7.56. The van der Waals surface area contributed by atoms with Crippen LogP contribution >= 0.6 is 31.9 Å². The van der Waals surface area contributed by atoms with Gasteiger partial charge in [-0.25, -0.2) is 0 Å². The molecule has 0 amide bonds. The Labute approximate surface area is 137 Å². The Bertz CT molecular complexity index is 816. The average Bonchev–Trinajstić information content (AvgIpc) is 2.91. The van der Waals surface area contributed by atoms with Gasteiger partial charge in [0.15, 0.2) is 0 Å². The monoisotopic (exact) mass is 408 g/mol. The molecule has 0 saturated heterocycles. The van der Waals surface area contributed by atoms with Crippen LogP contribution in [0.3, 0.4) is 0 Å². The van der Waals surface area contributed by atoms with Crippen LogP contribution in [0.2, 0.25) is 0 Å². The van der Waals surface area contributed by atoms with Gasteiger partial charge in [-0.05, 0) is 56.5 Å². The number of hydrogen-bond acceptors (Lipinski definition) is 5. The predicted molar refractivity (Wildman–Crippen MR) is 87.5 cm³/mol. The van der Waals surface area contributed by atoms with Crippen molar-refractivity contribution < 1.29 is 4.52 Å². The molecule has 2 N–H and O–H groups in total. The fourth-order valence-electron chi connectivity index (χ4n) is 1.88. The molecule has 21 heavy (non-hydrogen) atoms. The van der Waals surface area contributed by atoms with Crippen molar-refractivity contribution in [2.75, 3.05) is 5.73 Å². The largest absolute Gasteiger partial charge is 0.398 e. The van der Waals surface area contributed by atoms with Crippen molar-refractivity contribution in [3.8, 4) is 23.0 Å². The van der Waals surface area contributed by atoms with Crippen LogP contribution in [0.25, 0.3) is 23.0 Å². The van der Waals surface area contributed by atoms with Crippen LogP contribution in [0.15, 0.2) is 43.9 Å². The lowest BCUT2D eigenvalue weighted by Gasteiger charge is -2.03. The second-order valence-electron chi connectivity index (χ2n) is 4.44. The van der Waals surface area contributed by atoms with Crippen LogP contribution in [-0.4, -0.2) is 15.1 Å². The fraction of sp³-hybridized carbons (Fsp3) is 0.0714. The van der Waals surface area contributed by atoms with Gasteiger partial charge < -0.3 is 10.3 Å². The molecular formula is C14H10Br2N4O. The van der Waals surface area contributed by atoms with Crippen LogP contribution in [-0.2, 0) is 0 Å². The number of nitrogens with two attached hydrogens (primary N) is 1. The van der Waals surface area contributed by atoms with E-state index < -0.39 is 0 Å². The lowest BCUT2D eigenvalue weighted by molar-refractivity contribution is 0.432. The van der Waals surface area contributed by atoms with E-state index >= 15 is 0 Å². The molecule has 1 aromatic carbocycles. The van der Waals surface area contributed by atoms with E-state index in [0.717, 1.165) is 20.1 Å². The summed E-state index contributed by atoms with van der Waals surface area (Å²) in [5.74, 6) is 0.785. The lowest BCUT2D eigenvalue weighted by atomic mass is 10.1. The number of rotatable bonds is 2. The molecule has 3 rings (SSSR count). The smallest absolute Gasteiger partial charge is 0.260 e. The van der Waals surface area contributed by atoms with E-state index in [1.54, 1.807) is 6.20 Å². The minimum Gasteiger partial charge on any atom is -0.398 e. The van der Waals surface area contributed by atoms with Gasteiger partial charge in [0.05, 0.1) is 5.56 Å². The minimum absolute atomic E-state index is 0.378. The summed E-state index contributed by atoms with van der Waals surface area (Å²) in [6.07, 6.45) is 1.68. The predicted octanol–water partition coefficient (Wildman–Crippen LogP) is 4.21. The second kappa shape index (κ2) is 5.57. The Balaban J connectivity index is 2.06. The van der Waals surface area contributed by atoms with E-state index in [2.05, 4.69) is 47.0 Å². The molecule has 7 heteroatoms. The molecule has 2 heterocycles. The molecule has 0 spiro atoms. The highest BCUT2D eigenvalue weighted by Gasteiger charge is 2.16. The summed E-state index contributed by atoms with van der Waals surface area (Å²) >= 11 is 6.79. The highest BCUT2D eigenvalue weighted by atomic mass is 79.9. The number of anilines is 1. The molecule has 0 unspecified atom stereocenters. The maximum atomic E-state index is 6.05. The molecule has 0 saturated carbocycles. The van der Waals surface area contributed by atoms with Crippen LogP contribution in [0.5, 0.6) is 0 Å². The summed E-state index contributed by atoms with van der Waals surface area (Å²) in [7, 11) is 0. The van der Waals surface area contributed by atoms with E-state index in [1.165, 1.54) is 0 Å². The summed E-state index contributed by atoms with van der Waals surface area (Å²) in [5, 5.41) is 3.97. The van der Waals surface area contributed by atoms with Gasteiger partial charge >= 0.3 is 0 Å².